The van der Waals surface area contributed by atoms with Crippen molar-refractivity contribution in [1.29, 1.82) is 0 Å². The highest BCUT2D eigenvalue weighted by atomic mass is 32.1. The second-order valence-corrected chi connectivity index (χ2v) is 6.19. The number of aromatic amines is 1. The maximum absolute atomic E-state index is 12.4. The zero-order valence-corrected chi connectivity index (χ0v) is 12.9. The van der Waals surface area contributed by atoms with E-state index < -0.39 is 0 Å². The third kappa shape index (κ3) is 2.05. The number of nitrogens with one attached hydrogen (secondary N) is 2. The molecule has 1 aromatic carbocycles. The maximum atomic E-state index is 12.4. The molecular formula is C15H15N5OS. The van der Waals surface area contributed by atoms with Crippen molar-refractivity contribution in [1.82, 2.24) is 20.1 Å². The third-order valence-corrected chi connectivity index (χ3v) is 4.78. The number of amides is 2. The minimum atomic E-state index is -0.131. The van der Waals surface area contributed by atoms with Crippen LogP contribution in [0.15, 0.2) is 29.8 Å². The van der Waals surface area contributed by atoms with Gasteiger partial charge in [-0.2, -0.15) is 0 Å². The van der Waals surface area contributed by atoms with Crippen molar-refractivity contribution < 1.29 is 4.79 Å². The summed E-state index contributed by atoms with van der Waals surface area (Å²) >= 11 is 1.32. The molecule has 0 bridgehead atoms. The molecule has 0 saturated heterocycles. The molecule has 7 heteroatoms. The van der Waals surface area contributed by atoms with Gasteiger partial charge in [-0.25, -0.2) is 4.79 Å². The van der Waals surface area contributed by atoms with Gasteiger partial charge in [-0.05, 0) is 25.0 Å². The lowest BCUT2D eigenvalue weighted by Crippen LogP contribution is -2.41. The molecule has 3 aromatic rings. The smallest absolute Gasteiger partial charge is 0.324 e. The summed E-state index contributed by atoms with van der Waals surface area (Å²) in [6, 6.07) is 8.16. The first kappa shape index (κ1) is 13.3. The van der Waals surface area contributed by atoms with Gasteiger partial charge in [-0.15, -0.1) is 10.2 Å². The Morgan fingerprint density at radius 3 is 3.14 bits per heavy atom. The summed E-state index contributed by atoms with van der Waals surface area (Å²) in [7, 11) is 0. The minimum absolute atomic E-state index is 0.00377. The average Bonchev–Trinajstić information content (AvgIpc) is 3.15. The number of carbonyl (C=O) groups excluding carboxylic acids is 1. The quantitative estimate of drug-likeness (QED) is 0.724. The molecule has 6 nitrogen and oxygen atoms in total. The number of rotatable bonds is 1. The van der Waals surface area contributed by atoms with Crippen LogP contribution in [0.2, 0.25) is 0 Å². The molecule has 0 aliphatic carbocycles. The van der Waals surface area contributed by atoms with E-state index in [4.69, 9.17) is 0 Å². The summed E-state index contributed by atoms with van der Waals surface area (Å²) in [5, 5.41) is 12.2. The van der Waals surface area contributed by atoms with Crippen molar-refractivity contribution in [3.63, 3.8) is 0 Å². The average molecular weight is 313 g/mol. The lowest BCUT2D eigenvalue weighted by atomic mass is 9.99. The fourth-order valence-corrected chi connectivity index (χ4v) is 3.53. The van der Waals surface area contributed by atoms with Gasteiger partial charge in [-0.1, -0.05) is 29.5 Å². The molecule has 0 fully saturated rings. The number of H-pyrrole nitrogens is 1. The molecule has 1 aliphatic heterocycles. The number of fused-ring (bicyclic) bond motifs is 3. The number of hydrogen-bond acceptors (Lipinski definition) is 4. The van der Waals surface area contributed by atoms with Gasteiger partial charge in [0.15, 0.2) is 0 Å². The minimum Gasteiger partial charge on any atom is -0.356 e. The molecule has 0 spiro atoms. The van der Waals surface area contributed by atoms with Crippen LogP contribution in [0.1, 0.15) is 24.2 Å². The van der Waals surface area contributed by atoms with Crippen LogP contribution in [0.5, 0.6) is 0 Å². The second kappa shape index (κ2) is 5.10. The standard InChI is InChI=1S/C15H15N5OS/c1-9-13-11(10-4-2-3-5-12(10)17-13)6-7-20(9)15(21)18-14-19-16-8-22-14/h2-5,8-9,17H,6-7H2,1H3,(H,18,19,21)/t9-/m0/s1. The van der Waals surface area contributed by atoms with Gasteiger partial charge in [-0.3, -0.25) is 5.32 Å². The van der Waals surface area contributed by atoms with E-state index in [1.54, 1.807) is 5.51 Å². The van der Waals surface area contributed by atoms with Gasteiger partial charge in [0, 0.05) is 23.1 Å². The second-order valence-electron chi connectivity index (χ2n) is 5.36. The molecule has 0 saturated carbocycles. The van der Waals surface area contributed by atoms with Gasteiger partial charge in [0.2, 0.25) is 5.13 Å². The number of urea groups is 1. The lowest BCUT2D eigenvalue weighted by molar-refractivity contribution is 0.187. The summed E-state index contributed by atoms with van der Waals surface area (Å²) in [6.07, 6.45) is 0.854. The first-order valence-electron chi connectivity index (χ1n) is 7.17. The Morgan fingerprint density at radius 2 is 2.32 bits per heavy atom. The number of nitrogens with zero attached hydrogens (tertiary/aromatic N) is 3. The number of carbonyl (C=O) groups is 1. The monoisotopic (exact) mass is 313 g/mol. The van der Waals surface area contributed by atoms with E-state index in [0.29, 0.717) is 11.7 Å². The number of hydrogen-bond donors (Lipinski definition) is 2. The predicted octanol–water partition coefficient (Wildman–Crippen LogP) is 3.17. The van der Waals surface area contributed by atoms with Gasteiger partial charge < -0.3 is 9.88 Å². The van der Waals surface area contributed by atoms with E-state index in [2.05, 4.69) is 38.7 Å². The van der Waals surface area contributed by atoms with Crippen LogP contribution in [0, 0.1) is 0 Å². The van der Waals surface area contributed by atoms with E-state index in [0.717, 1.165) is 17.6 Å². The van der Waals surface area contributed by atoms with Crippen molar-refractivity contribution in [3.8, 4) is 0 Å². The maximum Gasteiger partial charge on any atom is 0.324 e. The molecule has 22 heavy (non-hydrogen) atoms. The summed E-state index contributed by atoms with van der Waals surface area (Å²) in [5.74, 6) is 0. The lowest BCUT2D eigenvalue weighted by Gasteiger charge is -2.33. The number of anilines is 1. The van der Waals surface area contributed by atoms with Crippen LogP contribution in [0.25, 0.3) is 10.9 Å². The summed E-state index contributed by atoms with van der Waals surface area (Å²) in [4.78, 5) is 17.7. The molecule has 2 N–H and O–H groups in total. The Morgan fingerprint density at radius 1 is 1.45 bits per heavy atom. The molecule has 2 amide bonds. The fourth-order valence-electron chi connectivity index (χ4n) is 3.10. The molecule has 3 heterocycles. The zero-order chi connectivity index (χ0) is 15.1. The SMILES string of the molecule is C[C@H]1c2[nH]c3ccccc3c2CCN1C(=O)Nc1nncs1. The summed E-state index contributed by atoms with van der Waals surface area (Å²) in [6.45, 7) is 2.74. The number of aromatic nitrogens is 3. The van der Waals surface area contributed by atoms with Crippen molar-refractivity contribution >= 4 is 33.4 Å². The van der Waals surface area contributed by atoms with Gasteiger partial charge in [0.1, 0.15) is 5.51 Å². The van der Waals surface area contributed by atoms with Gasteiger partial charge in [0.25, 0.3) is 0 Å². The van der Waals surface area contributed by atoms with Crippen LogP contribution in [-0.4, -0.2) is 32.7 Å². The predicted molar refractivity (Wildman–Crippen MR) is 86.1 cm³/mol. The molecule has 0 unspecified atom stereocenters. The Hall–Kier alpha value is -2.41. The van der Waals surface area contributed by atoms with E-state index in [1.807, 2.05) is 17.9 Å². The van der Waals surface area contributed by atoms with E-state index >= 15 is 0 Å². The first-order valence-corrected chi connectivity index (χ1v) is 8.05. The van der Waals surface area contributed by atoms with E-state index in [-0.39, 0.29) is 12.1 Å². The highest BCUT2D eigenvalue weighted by Gasteiger charge is 2.30. The van der Waals surface area contributed by atoms with E-state index in [1.165, 1.54) is 22.3 Å². The van der Waals surface area contributed by atoms with Gasteiger partial charge in [0.05, 0.1) is 6.04 Å². The van der Waals surface area contributed by atoms with Crippen molar-refractivity contribution in [2.75, 3.05) is 11.9 Å². The van der Waals surface area contributed by atoms with Crippen LogP contribution < -0.4 is 5.32 Å². The third-order valence-electron chi connectivity index (χ3n) is 4.17. The molecule has 1 atom stereocenters. The van der Waals surface area contributed by atoms with Crippen molar-refractivity contribution in [2.24, 2.45) is 0 Å². The van der Waals surface area contributed by atoms with Crippen LogP contribution in [0.3, 0.4) is 0 Å². The van der Waals surface area contributed by atoms with Crippen LogP contribution in [0.4, 0.5) is 9.93 Å². The Labute approximate surface area is 131 Å². The normalized spacial score (nSPS) is 17.5. The molecule has 0 radical (unpaired) electrons. The highest BCUT2D eigenvalue weighted by molar-refractivity contribution is 7.13. The number of para-hydroxylation sites is 1. The highest BCUT2D eigenvalue weighted by Crippen LogP contribution is 2.34. The largest absolute Gasteiger partial charge is 0.356 e. The first-order chi connectivity index (χ1) is 10.7. The van der Waals surface area contributed by atoms with Crippen molar-refractivity contribution in [2.45, 2.75) is 19.4 Å². The zero-order valence-electron chi connectivity index (χ0n) is 12.0. The Bertz CT molecular complexity index is 826. The summed E-state index contributed by atoms with van der Waals surface area (Å²) < 4.78 is 0. The Balaban J connectivity index is 1.64. The van der Waals surface area contributed by atoms with Crippen LogP contribution >= 0.6 is 11.3 Å². The van der Waals surface area contributed by atoms with Crippen molar-refractivity contribution in [3.05, 3.63) is 41.0 Å². The topological polar surface area (TPSA) is 73.9 Å². The fraction of sp³-hybridized carbons (Fsp3) is 0.267. The van der Waals surface area contributed by atoms with Crippen LogP contribution in [-0.2, 0) is 6.42 Å². The molecule has 4 rings (SSSR count). The van der Waals surface area contributed by atoms with E-state index in [9.17, 15) is 4.79 Å². The molecule has 1 aliphatic rings. The Kier molecular flexibility index (Phi) is 3.07. The molecular weight excluding hydrogens is 298 g/mol. The molecule has 112 valence electrons. The summed E-state index contributed by atoms with van der Waals surface area (Å²) in [5.41, 5.74) is 5.18. The van der Waals surface area contributed by atoms with Gasteiger partial charge >= 0.3 is 6.03 Å². The number of benzene rings is 1. The molecule has 2 aromatic heterocycles.